The van der Waals surface area contributed by atoms with Gasteiger partial charge >= 0.3 is 0 Å². The molecule has 0 spiro atoms. The van der Waals surface area contributed by atoms with Gasteiger partial charge in [-0.2, -0.15) is 0 Å². The lowest BCUT2D eigenvalue weighted by molar-refractivity contribution is 0.234. The van der Waals surface area contributed by atoms with E-state index in [0.29, 0.717) is 17.7 Å². The van der Waals surface area contributed by atoms with Crippen LogP contribution in [-0.4, -0.2) is 6.61 Å². The van der Waals surface area contributed by atoms with Gasteiger partial charge in [0.1, 0.15) is 5.75 Å². The zero-order valence-electron chi connectivity index (χ0n) is 15.2. The molecule has 3 heteroatoms. The molecule has 1 atom stereocenters. The number of hydrogen-bond donors (Lipinski definition) is 0. The van der Waals surface area contributed by atoms with Crippen LogP contribution in [0.3, 0.4) is 0 Å². The Labute approximate surface area is 162 Å². The lowest BCUT2D eigenvalue weighted by atomic mass is 9.97. The first-order valence-electron chi connectivity index (χ1n) is 9.19. The molecule has 0 aliphatic carbocycles. The van der Waals surface area contributed by atoms with Crippen molar-refractivity contribution in [2.45, 2.75) is 51.3 Å². The number of para-hydroxylation sites is 1. The maximum atomic E-state index is 6.24. The minimum absolute atomic E-state index is 0.473. The lowest BCUT2D eigenvalue weighted by Crippen LogP contribution is -2.11. The topological polar surface area (TPSA) is 9.23 Å². The van der Waals surface area contributed by atoms with E-state index in [9.17, 15) is 0 Å². The highest BCUT2D eigenvalue weighted by atomic mass is 35.5. The molecule has 0 saturated carbocycles. The van der Waals surface area contributed by atoms with Crippen molar-refractivity contribution in [2.24, 2.45) is 5.92 Å². The van der Waals surface area contributed by atoms with E-state index in [-0.39, 0.29) is 0 Å². The van der Waals surface area contributed by atoms with Crippen molar-refractivity contribution in [1.29, 1.82) is 0 Å². The second kappa shape index (κ2) is 10.7. The molecule has 0 fully saturated rings. The Bertz CT molecular complexity index is 654. The van der Waals surface area contributed by atoms with Gasteiger partial charge in [-0.05, 0) is 41.2 Å². The van der Waals surface area contributed by atoms with E-state index >= 15 is 0 Å². The number of ether oxygens (including phenoxy) is 1. The predicted molar refractivity (Wildman–Crippen MR) is 110 cm³/mol. The van der Waals surface area contributed by atoms with Crippen LogP contribution < -0.4 is 4.74 Å². The van der Waals surface area contributed by atoms with Crippen molar-refractivity contribution in [3.63, 3.8) is 0 Å². The third kappa shape index (κ3) is 5.66. The summed E-state index contributed by atoms with van der Waals surface area (Å²) in [5.74, 6) is 2.50. The third-order valence-electron chi connectivity index (χ3n) is 4.67. The van der Waals surface area contributed by atoms with E-state index in [4.69, 9.17) is 27.9 Å². The molecular weight excluding hydrogens is 351 g/mol. The summed E-state index contributed by atoms with van der Waals surface area (Å²) >= 11 is 12.2. The Hall–Kier alpha value is -1.18. The van der Waals surface area contributed by atoms with Crippen LogP contribution in [0.4, 0.5) is 0 Å². The smallest absolute Gasteiger partial charge is 0.127 e. The van der Waals surface area contributed by atoms with Gasteiger partial charge in [0.2, 0.25) is 0 Å². The number of hydrogen-bond acceptors (Lipinski definition) is 1. The SMILES string of the molecule is CCCCC(CC)COc1ccccc1-c1cc(CCl)ccc1CCl. The highest BCUT2D eigenvalue weighted by molar-refractivity contribution is 6.18. The summed E-state index contributed by atoms with van der Waals surface area (Å²) in [5.41, 5.74) is 4.40. The number of rotatable bonds is 10. The Morgan fingerprint density at radius 3 is 2.44 bits per heavy atom. The zero-order valence-corrected chi connectivity index (χ0v) is 16.7. The first kappa shape index (κ1) is 20.1. The quantitative estimate of drug-likeness (QED) is 0.390. The molecule has 2 aromatic carbocycles. The predicted octanol–water partition coefficient (Wildman–Crippen LogP) is 7.43. The number of unbranched alkanes of at least 4 members (excludes halogenated alkanes) is 1. The van der Waals surface area contributed by atoms with Gasteiger partial charge in [-0.3, -0.25) is 0 Å². The van der Waals surface area contributed by atoms with Crippen molar-refractivity contribution >= 4 is 23.2 Å². The Morgan fingerprint density at radius 2 is 1.76 bits per heavy atom. The summed E-state index contributed by atoms with van der Waals surface area (Å²) in [6, 6.07) is 14.4. The van der Waals surface area contributed by atoms with Gasteiger partial charge in [-0.25, -0.2) is 0 Å². The minimum Gasteiger partial charge on any atom is -0.493 e. The number of benzene rings is 2. The van der Waals surface area contributed by atoms with Crippen LogP contribution >= 0.6 is 23.2 Å². The van der Waals surface area contributed by atoms with Gasteiger partial charge in [0.15, 0.2) is 0 Å². The molecule has 1 unspecified atom stereocenters. The molecule has 136 valence electrons. The normalized spacial score (nSPS) is 12.2. The van der Waals surface area contributed by atoms with Crippen LogP contribution in [-0.2, 0) is 11.8 Å². The summed E-state index contributed by atoms with van der Waals surface area (Å²) in [6.07, 6.45) is 4.87. The fourth-order valence-electron chi connectivity index (χ4n) is 2.99. The molecule has 1 nitrogen and oxygen atoms in total. The molecule has 0 aromatic heterocycles. The molecule has 0 radical (unpaired) electrons. The zero-order chi connectivity index (χ0) is 18.1. The van der Waals surface area contributed by atoms with E-state index in [1.165, 1.54) is 19.3 Å². The molecule has 0 bridgehead atoms. The fourth-order valence-corrected chi connectivity index (χ4v) is 3.39. The highest BCUT2D eigenvalue weighted by Gasteiger charge is 2.13. The Kier molecular flexibility index (Phi) is 8.64. The monoisotopic (exact) mass is 378 g/mol. The van der Waals surface area contributed by atoms with Gasteiger partial charge in [-0.15, -0.1) is 23.2 Å². The largest absolute Gasteiger partial charge is 0.493 e. The standard InChI is InChI=1S/C22H28Cl2O/c1-3-5-8-17(4-2)16-25-22-10-7-6-9-20(22)21-13-18(14-23)11-12-19(21)15-24/h6-7,9-13,17H,3-5,8,14-16H2,1-2H3. The van der Waals surface area contributed by atoms with Gasteiger partial charge in [0.05, 0.1) is 6.61 Å². The first-order chi connectivity index (χ1) is 12.2. The molecule has 2 rings (SSSR count). The molecule has 0 saturated heterocycles. The van der Waals surface area contributed by atoms with Crippen LogP contribution in [0, 0.1) is 5.92 Å². The average Bonchev–Trinajstić information content (AvgIpc) is 2.68. The lowest BCUT2D eigenvalue weighted by Gasteiger charge is -2.19. The third-order valence-corrected chi connectivity index (χ3v) is 5.26. The molecule has 0 amide bonds. The van der Waals surface area contributed by atoms with Gasteiger partial charge in [-0.1, -0.05) is 63.4 Å². The van der Waals surface area contributed by atoms with Crippen LogP contribution in [0.15, 0.2) is 42.5 Å². The Balaban J connectivity index is 2.26. The maximum absolute atomic E-state index is 6.24. The van der Waals surface area contributed by atoms with Crippen molar-refractivity contribution in [3.8, 4) is 16.9 Å². The van der Waals surface area contributed by atoms with Crippen molar-refractivity contribution in [1.82, 2.24) is 0 Å². The number of alkyl halides is 2. The van der Waals surface area contributed by atoms with Crippen LogP contribution in [0.5, 0.6) is 5.75 Å². The maximum Gasteiger partial charge on any atom is 0.127 e. The molecule has 0 heterocycles. The van der Waals surface area contributed by atoms with Crippen LogP contribution in [0.1, 0.15) is 50.7 Å². The summed E-state index contributed by atoms with van der Waals surface area (Å²) < 4.78 is 6.24. The highest BCUT2D eigenvalue weighted by Crippen LogP contribution is 2.34. The summed E-state index contributed by atoms with van der Waals surface area (Å²) in [7, 11) is 0. The summed E-state index contributed by atoms with van der Waals surface area (Å²) in [5, 5.41) is 0. The van der Waals surface area contributed by atoms with Gasteiger partial charge in [0.25, 0.3) is 0 Å². The molecule has 0 aliphatic heterocycles. The molecule has 2 aromatic rings. The van der Waals surface area contributed by atoms with Crippen LogP contribution in [0.25, 0.3) is 11.1 Å². The van der Waals surface area contributed by atoms with E-state index < -0.39 is 0 Å². The van der Waals surface area contributed by atoms with E-state index in [0.717, 1.165) is 41.0 Å². The van der Waals surface area contributed by atoms with Gasteiger partial charge in [0, 0.05) is 17.3 Å². The van der Waals surface area contributed by atoms with Crippen molar-refractivity contribution in [3.05, 3.63) is 53.6 Å². The number of halogens is 2. The Morgan fingerprint density at radius 1 is 0.960 bits per heavy atom. The summed E-state index contributed by atoms with van der Waals surface area (Å²) in [6.45, 7) is 5.24. The molecule has 0 aliphatic rings. The summed E-state index contributed by atoms with van der Waals surface area (Å²) in [4.78, 5) is 0. The van der Waals surface area contributed by atoms with E-state index in [2.05, 4.69) is 32.0 Å². The van der Waals surface area contributed by atoms with Crippen molar-refractivity contribution < 1.29 is 4.74 Å². The first-order valence-corrected chi connectivity index (χ1v) is 10.3. The second-order valence-corrected chi connectivity index (χ2v) is 7.02. The van der Waals surface area contributed by atoms with Gasteiger partial charge < -0.3 is 4.74 Å². The van der Waals surface area contributed by atoms with Crippen LogP contribution in [0.2, 0.25) is 0 Å². The van der Waals surface area contributed by atoms with Crippen molar-refractivity contribution in [2.75, 3.05) is 6.61 Å². The second-order valence-electron chi connectivity index (χ2n) is 6.48. The fraction of sp³-hybridized carbons (Fsp3) is 0.455. The van der Waals surface area contributed by atoms with E-state index in [1.54, 1.807) is 0 Å². The molecule has 25 heavy (non-hydrogen) atoms. The van der Waals surface area contributed by atoms with E-state index in [1.807, 2.05) is 24.3 Å². The minimum atomic E-state index is 0.473. The molecular formula is C22H28Cl2O. The molecule has 0 N–H and O–H groups in total. The average molecular weight is 379 g/mol.